The topological polar surface area (TPSA) is 54.9 Å². The number of hydrogen-bond acceptors (Lipinski definition) is 4. The van der Waals surface area contributed by atoms with E-state index in [1.54, 1.807) is 11.3 Å². The van der Waals surface area contributed by atoms with Gasteiger partial charge in [-0.3, -0.25) is 0 Å². The van der Waals surface area contributed by atoms with Gasteiger partial charge in [0.15, 0.2) is 5.96 Å². The zero-order valence-electron chi connectivity index (χ0n) is 17.2. The van der Waals surface area contributed by atoms with E-state index >= 15 is 0 Å². The Hall–Kier alpha value is -1.89. The third-order valence-electron chi connectivity index (χ3n) is 4.29. The number of hydrogen-bond donors (Lipinski definition) is 2. The summed E-state index contributed by atoms with van der Waals surface area (Å²) in [5.41, 5.74) is 3.70. The molecule has 2 N–H and O–H groups in total. The highest BCUT2D eigenvalue weighted by molar-refractivity contribution is 7.07. The van der Waals surface area contributed by atoms with Crippen molar-refractivity contribution >= 4 is 17.3 Å². The third kappa shape index (κ3) is 8.42. The lowest BCUT2D eigenvalue weighted by molar-refractivity contribution is 0.0453. The fourth-order valence-electron chi connectivity index (χ4n) is 2.71. The molecule has 0 fully saturated rings. The van der Waals surface area contributed by atoms with Gasteiger partial charge in [-0.05, 0) is 53.3 Å². The minimum atomic E-state index is 0.451. The first kappa shape index (κ1) is 22.4. The van der Waals surface area contributed by atoms with Gasteiger partial charge >= 0.3 is 0 Å². The van der Waals surface area contributed by atoms with Crippen molar-refractivity contribution in [3.8, 4) is 0 Å². The second-order valence-corrected chi connectivity index (χ2v) is 7.38. The molecule has 2 rings (SSSR count). The number of benzene rings is 1. The summed E-state index contributed by atoms with van der Waals surface area (Å²) in [4.78, 5) is 4.74. The Morgan fingerprint density at radius 2 is 1.93 bits per heavy atom. The quantitative estimate of drug-likeness (QED) is 0.317. The third-order valence-corrected chi connectivity index (χ3v) is 4.99. The monoisotopic (exact) mass is 403 g/mol. The maximum Gasteiger partial charge on any atom is 0.191 e. The van der Waals surface area contributed by atoms with E-state index in [9.17, 15) is 0 Å². The van der Waals surface area contributed by atoms with Crippen molar-refractivity contribution in [1.29, 1.82) is 0 Å². The first-order valence-corrected chi connectivity index (χ1v) is 10.9. The van der Waals surface area contributed by atoms with Crippen molar-refractivity contribution in [3.05, 3.63) is 57.8 Å². The molecule has 0 spiro atoms. The highest BCUT2D eigenvalue weighted by Gasteiger charge is 2.07. The maximum atomic E-state index is 5.66. The lowest BCUT2D eigenvalue weighted by Gasteiger charge is -2.15. The zero-order chi connectivity index (χ0) is 20.0. The average Bonchev–Trinajstić information content (AvgIpc) is 3.25. The molecule has 1 unspecified atom stereocenters. The van der Waals surface area contributed by atoms with E-state index in [0.29, 0.717) is 32.3 Å². The van der Waals surface area contributed by atoms with Crippen molar-refractivity contribution in [2.24, 2.45) is 4.99 Å². The Kier molecular flexibility index (Phi) is 10.7. The number of ether oxygens (including phenoxy) is 2. The van der Waals surface area contributed by atoms with Crippen LogP contribution < -0.4 is 10.6 Å². The summed E-state index contributed by atoms with van der Waals surface area (Å²) in [5, 5.41) is 11.1. The van der Waals surface area contributed by atoms with Gasteiger partial charge < -0.3 is 20.1 Å². The fraction of sp³-hybridized carbons (Fsp3) is 0.500. The normalized spacial score (nSPS) is 12.8. The molecule has 0 amide bonds. The number of guanidine groups is 1. The van der Waals surface area contributed by atoms with Crippen LogP contribution in [0.25, 0.3) is 0 Å². The van der Waals surface area contributed by atoms with Crippen LogP contribution in [0.1, 0.15) is 43.4 Å². The largest absolute Gasteiger partial charge is 0.379 e. The molecule has 6 heteroatoms. The second kappa shape index (κ2) is 13.3. The first-order chi connectivity index (χ1) is 13.7. The van der Waals surface area contributed by atoms with Crippen molar-refractivity contribution in [1.82, 2.24) is 10.6 Å². The highest BCUT2D eigenvalue weighted by atomic mass is 32.1. The number of nitrogens with zero attached hydrogens (tertiary/aromatic N) is 1. The Labute approximate surface area is 173 Å². The van der Waals surface area contributed by atoms with Crippen LogP contribution in [0.2, 0.25) is 0 Å². The van der Waals surface area contributed by atoms with Crippen LogP contribution in [0.4, 0.5) is 0 Å². The van der Waals surface area contributed by atoms with E-state index in [1.807, 2.05) is 6.92 Å². The summed E-state index contributed by atoms with van der Waals surface area (Å²) in [5.74, 6) is 1.30. The van der Waals surface area contributed by atoms with Gasteiger partial charge in [-0.2, -0.15) is 11.3 Å². The second-order valence-electron chi connectivity index (χ2n) is 6.60. The molecule has 0 radical (unpaired) electrons. The lowest BCUT2D eigenvalue weighted by atomic mass is 10.1. The molecule has 28 heavy (non-hydrogen) atoms. The highest BCUT2D eigenvalue weighted by Crippen LogP contribution is 2.17. The summed E-state index contributed by atoms with van der Waals surface area (Å²) in [6.07, 6.45) is 0. The summed E-state index contributed by atoms with van der Waals surface area (Å²) >= 11 is 1.74. The van der Waals surface area contributed by atoms with Crippen LogP contribution in [0.15, 0.2) is 46.1 Å². The Balaban J connectivity index is 1.84. The van der Waals surface area contributed by atoms with Gasteiger partial charge in [0.1, 0.15) is 0 Å². The standard InChI is InChI=1S/C22H33N3O2S/c1-4-23-22(24-14-18(3)21-9-12-28-17-21)25-15-19-7-6-8-20(13-19)16-27-11-10-26-5-2/h6-9,12-13,17-18H,4-5,10-11,14-16H2,1-3H3,(H2,23,24,25). The van der Waals surface area contributed by atoms with Gasteiger partial charge in [0.05, 0.1) is 26.4 Å². The van der Waals surface area contributed by atoms with E-state index in [2.05, 4.69) is 65.6 Å². The predicted molar refractivity (Wildman–Crippen MR) is 118 cm³/mol. The zero-order valence-corrected chi connectivity index (χ0v) is 18.1. The fourth-order valence-corrected chi connectivity index (χ4v) is 3.49. The van der Waals surface area contributed by atoms with Crippen LogP contribution in [-0.4, -0.2) is 38.9 Å². The Morgan fingerprint density at radius 1 is 1.11 bits per heavy atom. The van der Waals surface area contributed by atoms with Crippen molar-refractivity contribution in [3.63, 3.8) is 0 Å². The maximum absolute atomic E-state index is 5.66. The van der Waals surface area contributed by atoms with Crippen molar-refractivity contribution in [2.75, 3.05) is 32.9 Å². The van der Waals surface area contributed by atoms with Gasteiger partial charge in [-0.15, -0.1) is 0 Å². The van der Waals surface area contributed by atoms with E-state index in [0.717, 1.165) is 31.2 Å². The molecule has 0 aliphatic heterocycles. The summed E-state index contributed by atoms with van der Waals surface area (Å²) in [7, 11) is 0. The molecule has 0 aliphatic carbocycles. The number of nitrogens with one attached hydrogen (secondary N) is 2. The molecular formula is C22H33N3O2S. The summed E-state index contributed by atoms with van der Waals surface area (Å²) < 4.78 is 10.9. The van der Waals surface area contributed by atoms with E-state index in [1.165, 1.54) is 11.1 Å². The molecule has 2 aromatic rings. The lowest BCUT2D eigenvalue weighted by Crippen LogP contribution is -2.39. The minimum Gasteiger partial charge on any atom is -0.379 e. The molecule has 0 saturated heterocycles. The Bertz CT molecular complexity index is 689. The van der Waals surface area contributed by atoms with Gasteiger partial charge in [-0.1, -0.05) is 31.2 Å². The number of aliphatic imine (C=N–C) groups is 1. The molecule has 1 heterocycles. The molecule has 1 aromatic carbocycles. The summed E-state index contributed by atoms with van der Waals surface area (Å²) in [6.45, 7) is 11.2. The van der Waals surface area contributed by atoms with Crippen LogP contribution in [0.3, 0.4) is 0 Å². The van der Waals surface area contributed by atoms with Crippen molar-refractivity contribution in [2.45, 2.75) is 39.8 Å². The first-order valence-electron chi connectivity index (χ1n) is 10.0. The van der Waals surface area contributed by atoms with E-state index < -0.39 is 0 Å². The number of thiophene rings is 1. The molecule has 0 saturated carbocycles. The molecule has 0 bridgehead atoms. The Morgan fingerprint density at radius 3 is 2.68 bits per heavy atom. The molecular weight excluding hydrogens is 370 g/mol. The molecule has 1 aromatic heterocycles. The van der Waals surface area contributed by atoms with Crippen LogP contribution in [0, 0.1) is 0 Å². The predicted octanol–water partition coefficient (Wildman–Crippen LogP) is 4.16. The van der Waals surface area contributed by atoms with Gasteiger partial charge in [0, 0.05) is 19.7 Å². The molecule has 5 nitrogen and oxygen atoms in total. The van der Waals surface area contributed by atoms with Crippen LogP contribution in [0.5, 0.6) is 0 Å². The van der Waals surface area contributed by atoms with E-state index in [4.69, 9.17) is 14.5 Å². The summed E-state index contributed by atoms with van der Waals surface area (Å²) in [6, 6.07) is 10.6. The van der Waals surface area contributed by atoms with E-state index in [-0.39, 0.29) is 0 Å². The van der Waals surface area contributed by atoms with Gasteiger partial charge in [-0.25, -0.2) is 4.99 Å². The van der Waals surface area contributed by atoms with Crippen molar-refractivity contribution < 1.29 is 9.47 Å². The smallest absolute Gasteiger partial charge is 0.191 e. The van der Waals surface area contributed by atoms with Gasteiger partial charge in [0.2, 0.25) is 0 Å². The van der Waals surface area contributed by atoms with Crippen LogP contribution >= 0.6 is 11.3 Å². The molecule has 1 atom stereocenters. The number of rotatable bonds is 12. The minimum absolute atomic E-state index is 0.451. The van der Waals surface area contributed by atoms with Gasteiger partial charge in [0.25, 0.3) is 0 Å². The molecule has 154 valence electrons. The SMILES string of the molecule is CCNC(=NCc1cccc(COCCOCC)c1)NCC(C)c1ccsc1. The van der Waals surface area contributed by atoms with Crippen LogP contribution in [-0.2, 0) is 22.6 Å². The average molecular weight is 404 g/mol. The molecule has 0 aliphatic rings.